The molecule has 19 heavy (non-hydrogen) atoms. The van der Waals surface area contributed by atoms with E-state index in [2.05, 4.69) is 4.98 Å². The van der Waals surface area contributed by atoms with E-state index in [1.807, 2.05) is 36.6 Å². The Hall–Kier alpha value is -2.01. The van der Waals surface area contributed by atoms with Gasteiger partial charge in [-0.3, -0.25) is 10.4 Å². The maximum absolute atomic E-state index is 7.36. The number of amidine groups is 1. The van der Waals surface area contributed by atoms with E-state index in [-0.39, 0.29) is 5.84 Å². The van der Waals surface area contributed by atoms with Crippen molar-refractivity contribution in [1.29, 1.82) is 5.41 Å². The van der Waals surface area contributed by atoms with Crippen LogP contribution in [0.5, 0.6) is 5.75 Å². The highest BCUT2D eigenvalue weighted by Crippen LogP contribution is 2.27. The standard InChI is InChI=1S/C14H15N3OS/c1-19-13-5-3-2-4-12(13)18-9-10-6-7-17-11(8-10)14(15)16/h2-8H,9H2,1H3,(H3,15,16). The quantitative estimate of drug-likeness (QED) is 0.499. The fourth-order valence-electron chi connectivity index (χ4n) is 1.61. The summed E-state index contributed by atoms with van der Waals surface area (Å²) in [6.07, 6.45) is 3.65. The van der Waals surface area contributed by atoms with Crippen LogP contribution in [0.3, 0.4) is 0 Å². The molecule has 0 amide bonds. The first-order valence-corrected chi connectivity index (χ1v) is 6.98. The van der Waals surface area contributed by atoms with E-state index in [1.54, 1.807) is 24.0 Å². The lowest BCUT2D eigenvalue weighted by atomic mass is 10.2. The Kier molecular flexibility index (Phi) is 4.41. The van der Waals surface area contributed by atoms with Crippen LogP contribution in [0.4, 0.5) is 0 Å². The number of hydrogen-bond donors (Lipinski definition) is 2. The van der Waals surface area contributed by atoms with Gasteiger partial charge >= 0.3 is 0 Å². The number of rotatable bonds is 5. The van der Waals surface area contributed by atoms with Gasteiger partial charge in [0.25, 0.3) is 0 Å². The molecule has 0 atom stereocenters. The van der Waals surface area contributed by atoms with E-state index < -0.39 is 0 Å². The molecule has 98 valence electrons. The van der Waals surface area contributed by atoms with Crippen molar-refractivity contribution in [2.75, 3.05) is 6.26 Å². The molecule has 1 aromatic carbocycles. The van der Waals surface area contributed by atoms with Gasteiger partial charge in [0.05, 0.1) is 0 Å². The van der Waals surface area contributed by atoms with E-state index in [0.717, 1.165) is 16.2 Å². The van der Waals surface area contributed by atoms with Crippen molar-refractivity contribution in [2.24, 2.45) is 5.73 Å². The average molecular weight is 273 g/mol. The smallest absolute Gasteiger partial charge is 0.141 e. The molecule has 0 saturated heterocycles. The van der Waals surface area contributed by atoms with Gasteiger partial charge in [-0.2, -0.15) is 0 Å². The number of para-hydroxylation sites is 1. The molecule has 0 bridgehead atoms. The second-order valence-corrected chi connectivity index (χ2v) is 4.75. The van der Waals surface area contributed by atoms with E-state index in [9.17, 15) is 0 Å². The van der Waals surface area contributed by atoms with Gasteiger partial charge in [0.15, 0.2) is 0 Å². The molecule has 0 aliphatic carbocycles. The lowest BCUT2D eigenvalue weighted by Crippen LogP contribution is -2.13. The van der Waals surface area contributed by atoms with Crippen molar-refractivity contribution in [3.8, 4) is 5.75 Å². The summed E-state index contributed by atoms with van der Waals surface area (Å²) in [5, 5.41) is 7.36. The Morgan fingerprint density at radius 2 is 2.16 bits per heavy atom. The molecule has 1 heterocycles. The molecule has 4 nitrogen and oxygen atoms in total. The molecule has 0 aliphatic heterocycles. The second kappa shape index (κ2) is 6.24. The van der Waals surface area contributed by atoms with Crippen LogP contribution in [0.2, 0.25) is 0 Å². The van der Waals surface area contributed by atoms with Crippen molar-refractivity contribution in [3.05, 3.63) is 53.9 Å². The Bertz CT molecular complexity index is 586. The van der Waals surface area contributed by atoms with Crippen molar-refractivity contribution in [2.45, 2.75) is 11.5 Å². The minimum atomic E-state index is -0.0358. The summed E-state index contributed by atoms with van der Waals surface area (Å²) in [4.78, 5) is 5.12. The number of hydrogen-bond acceptors (Lipinski definition) is 4. The third-order valence-corrected chi connectivity index (χ3v) is 3.34. The lowest BCUT2D eigenvalue weighted by molar-refractivity contribution is 0.299. The van der Waals surface area contributed by atoms with Gasteiger partial charge in [0.2, 0.25) is 0 Å². The number of nitrogens with one attached hydrogen (secondary N) is 1. The number of benzene rings is 1. The summed E-state index contributed by atoms with van der Waals surface area (Å²) in [6, 6.07) is 11.5. The minimum Gasteiger partial charge on any atom is -0.488 e. The first-order valence-electron chi connectivity index (χ1n) is 5.76. The number of pyridine rings is 1. The largest absolute Gasteiger partial charge is 0.488 e. The SMILES string of the molecule is CSc1ccccc1OCc1ccnc(C(=N)N)c1. The average Bonchev–Trinajstić information content (AvgIpc) is 2.45. The molecular weight excluding hydrogens is 258 g/mol. The number of nitrogen functional groups attached to an aromatic ring is 1. The van der Waals surface area contributed by atoms with Crippen LogP contribution in [0.1, 0.15) is 11.3 Å². The summed E-state index contributed by atoms with van der Waals surface area (Å²) in [5.74, 6) is 0.822. The highest BCUT2D eigenvalue weighted by Gasteiger charge is 2.04. The zero-order chi connectivity index (χ0) is 13.7. The third-order valence-electron chi connectivity index (χ3n) is 2.56. The van der Waals surface area contributed by atoms with Gasteiger partial charge < -0.3 is 10.5 Å². The molecule has 0 saturated carbocycles. The molecule has 2 rings (SSSR count). The van der Waals surface area contributed by atoms with Crippen molar-refractivity contribution < 1.29 is 4.74 Å². The van der Waals surface area contributed by atoms with Crippen molar-refractivity contribution in [3.63, 3.8) is 0 Å². The lowest BCUT2D eigenvalue weighted by Gasteiger charge is -2.10. The van der Waals surface area contributed by atoms with E-state index in [1.165, 1.54) is 0 Å². The summed E-state index contributed by atoms with van der Waals surface area (Å²) < 4.78 is 5.79. The predicted octanol–water partition coefficient (Wildman–Crippen LogP) is 2.67. The maximum Gasteiger partial charge on any atom is 0.141 e. The Morgan fingerprint density at radius 3 is 2.89 bits per heavy atom. The number of thioether (sulfide) groups is 1. The number of ether oxygens (including phenoxy) is 1. The number of aromatic nitrogens is 1. The zero-order valence-electron chi connectivity index (χ0n) is 10.6. The van der Waals surface area contributed by atoms with Gasteiger partial charge in [0.1, 0.15) is 23.9 Å². The van der Waals surface area contributed by atoms with Crippen LogP contribution in [-0.4, -0.2) is 17.1 Å². The summed E-state index contributed by atoms with van der Waals surface area (Å²) in [6.45, 7) is 0.431. The van der Waals surface area contributed by atoms with Gasteiger partial charge in [-0.15, -0.1) is 11.8 Å². The van der Waals surface area contributed by atoms with Gasteiger partial charge in [-0.1, -0.05) is 12.1 Å². The van der Waals surface area contributed by atoms with E-state index >= 15 is 0 Å². The van der Waals surface area contributed by atoms with Gasteiger partial charge in [-0.05, 0) is 36.1 Å². The van der Waals surface area contributed by atoms with Crippen LogP contribution in [0.15, 0.2) is 47.5 Å². The van der Waals surface area contributed by atoms with Crippen LogP contribution in [0.25, 0.3) is 0 Å². The summed E-state index contributed by atoms with van der Waals surface area (Å²) in [7, 11) is 0. The molecular formula is C14H15N3OS. The second-order valence-electron chi connectivity index (χ2n) is 3.90. The molecule has 0 fully saturated rings. The normalized spacial score (nSPS) is 10.2. The number of nitrogens with zero attached hydrogens (tertiary/aromatic N) is 1. The molecule has 0 spiro atoms. The number of nitrogens with two attached hydrogens (primary N) is 1. The van der Waals surface area contributed by atoms with Crippen molar-refractivity contribution in [1.82, 2.24) is 4.98 Å². The van der Waals surface area contributed by atoms with Crippen LogP contribution in [0, 0.1) is 5.41 Å². The van der Waals surface area contributed by atoms with E-state index in [4.69, 9.17) is 15.9 Å². The highest BCUT2D eigenvalue weighted by molar-refractivity contribution is 7.98. The molecule has 0 unspecified atom stereocenters. The monoisotopic (exact) mass is 273 g/mol. The first kappa shape index (κ1) is 13.4. The summed E-state index contributed by atoms with van der Waals surface area (Å²) >= 11 is 1.65. The Labute approximate surface area is 116 Å². The van der Waals surface area contributed by atoms with Gasteiger partial charge in [0, 0.05) is 11.1 Å². The molecule has 1 aromatic heterocycles. The molecule has 5 heteroatoms. The Balaban J connectivity index is 2.10. The predicted molar refractivity (Wildman–Crippen MR) is 77.8 cm³/mol. The molecule has 0 aliphatic rings. The molecule has 2 aromatic rings. The van der Waals surface area contributed by atoms with Crippen LogP contribution in [-0.2, 0) is 6.61 Å². The first-order chi connectivity index (χ1) is 9.20. The van der Waals surface area contributed by atoms with Gasteiger partial charge in [-0.25, -0.2) is 0 Å². The molecule has 0 radical (unpaired) electrons. The summed E-state index contributed by atoms with van der Waals surface area (Å²) in [5.41, 5.74) is 6.82. The fourth-order valence-corrected chi connectivity index (χ4v) is 2.15. The Morgan fingerprint density at radius 1 is 1.37 bits per heavy atom. The van der Waals surface area contributed by atoms with Crippen LogP contribution < -0.4 is 10.5 Å². The topological polar surface area (TPSA) is 72.0 Å². The third kappa shape index (κ3) is 3.48. The highest BCUT2D eigenvalue weighted by atomic mass is 32.2. The van der Waals surface area contributed by atoms with Crippen molar-refractivity contribution >= 4 is 17.6 Å². The minimum absolute atomic E-state index is 0.0358. The zero-order valence-corrected chi connectivity index (χ0v) is 11.4. The van der Waals surface area contributed by atoms with E-state index in [0.29, 0.717) is 12.3 Å². The van der Waals surface area contributed by atoms with Crippen LogP contribution >= 0.6 is 11.8 Å². The molecule has 3 N–H and O–H groups in total. The fraction of sp³-hybridized carbons (Fsp3) is 0.143. The maximum atomic E-state index is 7.36.